The summed E-state index contributed by atoms with van der Waals surface area (Å²) in [6, 6.07) is 2.79. The van der Waals surface area contributed by atoms with Crippen LogP contribution in [0.15, 0.2) is 33.7 Å². The second-order valence-electron chi connectivity index (χ2n) is 5.55. The second kappa shape index (κ2) is 6.40. The van der Waals surface area contributed by atoms with Gasteiger partial charge in [-0.2, -0.15) is 5.10 Å². The van der Waals surface area contributed by atoms with Crippen LogP contribution in [0.1, 0.15) is 17.6 Å². The summed E-state index contributed by atoms with van der Waals surface area (Å²) in [7, 11) is 0. The average molecular weight is 344 g/mol. The van der Waals surface area contributed by atoms with Crippen LogP contribution in [-0.2, 0) is 4.74 Å². The Bertz CT molecular complexity index is 855. The number of anilines is 1. The third-order valence-corrected chi connectivity index (χ3v) is 4.01. The maximum atomic E-state index is 12.6. The van der Waals surface area contributed by atoms with Crippen LogP contribution >= 0.6 is 0 Å². The first-order valence-electron chi connectivity index (χ1n) is 7.74. The molecule has 1 aliphatic heterocycles. The molecule has 130 valence electrons. The first-order chi connectivity index (χ1) is 12.2. The lowest BCUT2D eigenvalue weighted by molar-refractivity contribution is 0.0118. The maximum Gasteiger partial charge on any atom is 0.323 e. The number of hydrogen-bond donors (Lipinski definition) is 2. The van der Waals surface area contributed by atoms with Crippen molar-refractivity contribution in [2.45, 2.75) is 13.0 Å². The van der Waals surface area contributed by atoms with E-state index in [0.29, 0.717) is 42.9 Å². The lowest BCUT2D eigenvalue weighted by Crippen LogP contribution is -2.45. The highest BCUT2D eigenvalue weighted by Crippen LogP contribution is 2.27. The molecular formula is C15H16N6O4. The molecule has 10 nitrogen and oxygen atoms in total. The molecule has 2 amide bonds. The predicted molar refractivity (Wildman–Crippen MR) is 84.6 cm³/mol. The summed E-state index contributed by atoms with van der Waals surface area (Å²) >= 11 is 0. The molecule has 1 unspecified atom stereocenters. The standard InChI is InChI=1S/C15H16N6O4/c1-9-10(2-4-24-9)12-6-13(20-25-12)18-15(22)21-3-5-23-7-11(21)14-16-8-17-19-14/h2,4,6,8,11H,3,5,7H2,1H3,(H,16,17,19)(H,18,20,22). The van der Waals surface area contributed by atoms with E-state index in [2.05, 4.69) is 25.7 Å². The van der Waals surface area contributed by atoms with Crippen molar-refractivity contribution in [3.63, 3.8) is 0 Å². The largest absolute Gasteiger partial charge is 0.469 e. The molecule has 1 saturated heterocycles. The van der Waals surface area contributed by atoms with Crippen LogP contribution in [0.3, 0.4) is 0 Å². The highest BCUT2D eigenvalue weighted by molar-refractivity contribution is 5.89. The molecule has 2 N–H and O–H groups in total. The van der Waals surface area contributed by atoms with Crippen molar-refractivity contribution in [1.29, 1.82) is 0 Å². The van der Waals surface area contributed by atoms with Crippen LogP contribution in [0.2, 0.25) is 0 Å². The van der Waals surface area contributed by atoms with E-state index in [4.69, 9.17) is 13.7 Å². The fourth-order valence-electron chi connectivity index (χ4n) is 2.73. The molecule has 0 radical (unpaired) electrons. The number of carbonyl (C=O) groups is 1. The van der Waals surface area contributed by atoms with E-state index in [1.54, 1.807) is 23.3 Å². The Morgan fingerprint density at radius 3 is 3.16 bits per heavy atom. The molecule has 0 bridgehead atoms. The number of H-pyrrole nitrogens is 1. The van der Waals surface area contributed by atoms with Crippen molar-refractivity contribution >= 4 is 11.8 Å². The Balaban J connectivity index is 1.49. The minimum Gasteiger partial charge on any atom is -0.469 e. The number of aromatic amines is 1. The maximum absolute atomic E-state index is 12.6. The van der Waals surface area contributed by atoms with Crippen LogP contribution in [0.25, 0.3) is 11.3 Å². The van der Waals surface area contributed by atoms with Gasteiger partial charge in [-0.15, -0.1) is 0 Å². The zero-order valence-corrected chi connectivity index (χ0v) is 13.4. The van der Waals surface area contributed by atoms with E-state index >= 15 is 0 Å². The summed E-state index contributed by atoms with van der Waals surface area (Å²) in [4.78, 5) is 18.4. The SMILES string of the molecule is Cc1occc1-c1cc(NC(=O)N2CCOCC2c2ncn[nH]2)no1. The second-order valence-corrected chi connectivity index (χ2v) is 5.55. The number of hydrogen-bond acceptors (Lipinski definition) is 7. The molecule has 1 fully saturated rings. The van der Waals surface area contributed by atoms with Gasteiger partial charge in [0.2, 0.25) is 0 Å². The molecule has 0 aliphatic carbocycles. The van der Waals surface area contributed by atoms with E-state index in [-0.39, 0.29) is 12.1 Å². The summed E-state index contributed by atoms with van der Waals surface area (Å²) in [6.07, 6.45) is 2.97. The van der Waals surface area contributed by atoms with Gasteiger partial charge in [-0.25, -0.2) is 9.78 Å². The number of nitrogens with zero attached hydrogens (tertiary/aromatic N) is 4. The Kier molecular flexibility index (Phi) is 3.94. The van der Waals surface area contributed by atoms with Gasteiger partial charge in [-0.05, 0) is 13.0 Å². The van der Waals surface area contributed by atoms with Gasteiger partial charge >= 0.3 is 6.03 Å². The number of furan rings is 1. The molecule has 4 rings (SSSR count). The molecule has 0 saturated carbocycles. The van der Waals surface area contributed by atoms with Crippen LogP contribution < -0.4 is 5.32 Å². The van der Waals surface area contributed by atoms with E-state index in [1.165, 1.54) is 6.33 Å². The molecule has 3 aromatic heterocycles. The number of nitrogens with one attached hydrogen (secondary N) is 2. The quantitative estimate of drug-likeness (QED) is 0.744. The zero-order chi connectivity index (χ0) is 17.2. The number of morpholine rings is 1. The van der Waals surface area contributed by atoms with Gasteiger partial charge in [0, 0.05) is 12.6 Å². The van der Waals surface area contributed by atoms with Crippen molar-refractivity contribution in [3.05, 3.63) is 36.3 Å². The number of aromatic nitrogens is 4. The zero-order valence-electron chi connectivity index (χ0n) is 13.4. The molecule has 1 atom stereocenters. The van der Waals surface area contributed by atoms with Gasteiger partial charge in [-0.1, -0.05) is 5.16 Å². The molecule has 3 aromatic rings. The van der Waals surface area contributed by atoms with Crippen LogP contribution in [0.5, 0.6) is 0 Å². The highest BCUT2D eigenvalue weighted by Gasteiger charge is 2.31. The van der Waals surface area contributed by atoms with E-state index in [9.17, 15) is 4.79 Å². The summed E-state index contributed by atoms with van der Waals surface area (Å²) in [5.74, 6) is 2.14. The van der Waals surface area contributed by atoms with Gasteiger partial charge in [0.15, 0.2) is 11.6 Å². The predicted octanol–water partition coefficient (Wildman–Crippen LogP) is 1.97. The van der Waals surface area contributed by atoms with Crippen LogP contribution in [0.4, 0.5) is 10.6 Å². The van der Waals surface area contributed by atoms with Crippen molar-refractivity contribution in [3.8, 4) is 11.3 Å². The molecule has 4 heterocycles. The van der Waals surface area contributed by atoms with Gasteiger partial charge in [-0.3, -0.25) is 10.4 Å². The topological polar surface area (TPSA) is 122 Å². The molecule has 0 aromatic carbocycles. The molecular weight excluding hydrogens is 328 g/mol. The average Bonchev–Trinajstić information content (AvgIpc) is 3.36. The van der Waals surface area contributed by atoms with Crippen molar-refractivity contribution in [1.82, 2.24) is 25.2 Å². The number of carbonyl (C=O) groups excluding carboxylic acids is 1. The number of amides is 2. The summed E-state index contributed by atoms with van der Waals surface area (Å²) in [6.45, 7) is 3.06. The van der Waals surface area contributed by atoms with E-state index in [1.807, 2.05) is 6.92 Å². The van der Waals surface area contributed by atoms with Crippen LogP contribution in [-0.4, -0.2) is 51.0 Å². The van der Waals surface area contributed by atoms with E-state index in [0.717, 1.165) is 5.56 Å². The monoisotopic (exact) mass is 344 g/mol. The number of aryl methyl sites for hydroxylation is 1. The Hall–Kier alpha value is -3.14. The summed E-state index contributed by atoms with van der Waals surface area (Å²) in [5.41, 5.74) is 0.791. The molecule has 25 heavy (non-hydrogen) atoms. The molecule has 1 aliphatic rings. The Morgan fingerprint density at radius 2 is 2.40 bits per heavy atom. The van der Waals surface area contributed by atoms with Gasteiger partial charge in [0.05, 0.1) is 25.0 Å². The molecule has 10 heteroatoms. The van der Waals surface area contributed by atoms with Crippen molar-refractivity contribution in [2.24, 2.45) is 0 Å². The van der Waals surface area contributed by atoms with Gasteiger partial charge in [0.25, 0.3) is 0 Å². The van der Waals surface area contributed by atoms with Crippen molar-refractivity contribution < 1.29 is 18.5 Å². The Labute approximate surface area is 142 Å². The van der Waals surface area contributed by atoms with Crippen molar-refractivity contribution in [2.75, 3.05) is 25.1 Å². The van der Waals surface area contributed by atoms with Gasteiger partial charge < -0.3 is 18.6 Å². The number of ether oxygens (including phenoxy) is 1. The third-order valence-electron chi connectivity index (χ3n) is 4.01. The number of rotatable bonds is 3. The smallest absolute Gasteiger partial charge is 0.323 e. The minimum atomic E-state index is -0.335. The third kappa shape index (κ3) is 2.98. The summed E-state index contributed by atoms with van der Waals surface area (Å²) in [5, 5.41) is 13.2. The number of urea groups is 1. The molecule has 0 spiro atoms. The first kappa shape index (κ1) is 15.4. The van der Waals surface area contributed by atoms with Crippen LogP contribution in [0, 0.1) is 6.92 Å². The summed E-state index contributed by atoms with van der Waals surface area (Å²) < 4.78 is 16.0. The highest BCUT2D eigenvalue weighted by atomic mass is 16.5. The lowest BCUT2D eigenvalue weighted by atomic mass is 10.2. The minimum absolute atomic E-state index is 0.312. The fourth-order valence-corrected chi connectivity index (χ4v) is 2.73. The fraction of sp³-hybridized carbons (Fsp3) is 0.333. The van der Waals surface area contributed by atoms with E-state index < -0.39 is 0 Å². The Morgan fingerprint density at radius 1 is 1.48 bits per heavy atom. The first-order valence-corrected chi connectivity index (χ1v) is 7.74. The van der Waals surface area contributed by atoms with Gasteiger partial charge in [0.1, 0.15) is 24.0 Å². The lowest BCUT2D eigenvalue weighted by Gasteiger charge is -2.33. The normalized spacial score (nSPS) is 17.6.